The average Bonchev–Trinajstić information content (AvgIpc) is 3.76. The second-order valence-electron chi connectivity index (χ2n) is 8.33. The molecule has 2 fully saturated rings. The fourth-order valence-electron chi connectivity index (χ4n) is 3.29. The molecule has 0 radical (unpaired) electrons. The van der Waals surface area contributed by atoms with E-state index in [9.17, 15) is 25.0 Å². The van der Waals surface area contributed by atoms with Crippen molar-refractivity contribution in [1.82, 2.24) is 9.78 Å². The highest BCUT2D eigenvalue weighted by atomic mass is 16.6. The van der Waals surface area contributed by atoms with Gasteiger partial charge in [-0.3, -0.25) is 29.7 Å². The molecule has 5 rings (SSSR count). The Labute approximate surface area is 195 Å². The molecule has 1 aromatic heterocycles. The molecule has 0 unspecified atom stereocenters. The van der Waals surface area contributed by atoms with Crippen molar-refractivity contribution in [2.45, 2.75) is 31.6 Å². The number of hydrogen-bond donors (Lipinski definition) is 0. The molecule has 2 aromatic carbocycles. The number of aromatic nitrogens is 2. The molecule has 2 aliphatic carbocycles. The number of rotatable bonds is 5. The smallest absolute Gasteiger partial charge is 0.269 e. The molecule has 9 heteroatoms. The average molecular weight is 458 g/mol. The zero-order chi connectivity index (χ0) is 24.2. The minimum absolute atomic E-state index is 0.0216. The van der Waals surface area contributed by atoms with Crippen LogP contribution in [0.25, 0.3) is 11.3 Å². The molecule has 2 saturated carbocycles. The van der Waals surface area contributed by atoms with Crippen LogP contribution < -0.4 is 0 Å². The van der Waals surface area contributed by atoms with E-state index in [2.05, 4.69) is 23.0 Å². The van der Waals surface area contributed by atoms with Gasteiger partial charge in [0.15, 0.2) is 0 Å². The van der Waals surface area contributed by atoms with Gasteiger partial charge < -0.3 is 0 Å². The van der Waals surface area contributed by atoms with Crippen molar-refractivity contribution in [3.8, 4) is 23.1 Å². The summed E-state index contributed by atoms with van der Waals surface area (Å²) in [6.45, 7) is 0. The first-order valence-corrected chi connectivity index (χ1v) is 10.9. The normalized spacial score (nSPS) is 14.3. The molecule has 0 atom stereocenters. The van der Waals surface area contributed by atoms with Crippen LogP contribution in [0.2, 0.25) is 0 Å². The molecule has 9 nitrogen and oxygen atoms in total. The second-order valence-corrected chi connectivity index (χ2v) is 8.33. The molecule has 0 N–H and O–H groups in total. The SMILES string of the molecule is Cn1nc(C2CC2)cc1-c1ccc([N+](=O)[O-])cc1.O=C(C#CC1CC1)c1ccc([N+](=O)[O-])cc1. The highest BCUT2D eigenvalue weighted by Crippen LogP contribution is 2.40. The van der Waals surface area contributed by atoms with E-state index in [1.54, 1.807) is 12.1 Å². The van der Waals surface area contributed by atoms with E-state index in [4.69, 9.17) is 0 Å². The number of nitrogens with zero attached hydrogens (tertiary/aromatic N) is 4. The number of carbonyl (C=O) groups is 1. The van der Waals surface area contributed by atoms with Gasteiger partial charge >= 0.3 is 0 Å². The lowest BCUT2D eigenvalue weighted by Crippen LogP contribution is -1.95. The van der Waals surface area contributed by atoms with Gasteiger partial charge in [-0.2, -0.15) is 5.10 Å². The Hall–Kier alpha value is -4.32. The van der Waals surface area contributed by atoms with Crippen molar-refractivity contribution >= 4 is 17.2 Å². The highest BCUT2D eigenvalue weighted by Gasteiger charge is 2.27. The van der Waals surface area contributed by atoms with Crippen molar-refractivity contribution in [3.63, 3.8) is 0 Å². The van der Waals surface area contributed by atoms with Gasteiger partial charge in [0.2, 0.25) is 5.78 Å². The summed E-state index contributed by atoms with van der Waals surface area (Å²) < 4.78 is 1.84. The monoisotopic (exact) mass is 458 g/mol. The molecular formula is C25H22N4O5. The Balaban J connectivity index is 0.000000162. The molecule has 0 saturated heterocycles. The van der Waals surface area contributed by atoms with Gasteiger partial charge in [-0.1, -0.05) is 5.92 Å². The lowest BCUT2D eigenvalue weighted by molar-refractivity contribution is -0.385. The van der Waals surface area contributed by atoms with Crippen LogP contribution in [0.3, 0.4) is 0 Å². The fourth-order valence-corrected chi connectivity index (χ4v) is 3.29. The topological polar surface area (TPSA) is 121 Å². The van der Waals surface area contributed by atoms with E-state index >= 15 is 0 Å². The van der Waals surface area contributed by atoms with Crippen molar-refractivity contribution in [3.05, 3.63) is 86.1 Å². The van der Waals surface area contributed by atoms with Crippen molar-refractivity contribution < 1.29 is 14.6 Å². The number of carbonyl (C=O) groups excluding carboxylic acids is 1. The van der Waals surface area contributed by atoms with E-state index < -0.39 is 4.92 Å². The predicted octanol–water partition coefficient (Wildman–Crippen LogP) is 5.06. The third kappa shape index (κ3) is 5.72. The zero-order valence-corrected chi connectivity index (χ0v) is 18.5. The molecule has 1 heterocycles. The van der Waals surface area contributed by atoms with Crippen LogP contribution in [0.1, 0.15) is 47.7 Å². The Morgan fingerprint density at radius 3 is 2.00 bits per heavy atom. The van der Waals surface area contributed by atoms with E-state index in [1.807, 2.05) is 11.7 Å². The molecule has 0 aliphatic heterocycles. The molecule has 0 bridgehead atoms. The Bertz CT molecular complexity index is 1290. The number of nitro groups is 2. The Kier molecular flexibility index (Phi) is 6.50. The minimum Gasteiger partial charge on any atom is -0.279 e. The highest BCUT2D eigenvalue weighted by molar-refractivity contribution is 6.09. The van der Waals surface area contributed by atoms with Gasteiger partial charge in [-0.15, -0.1) is 0 Å². The zero-order valence-electron chi connectivity index (χ0n) is 18.5. The van der Waals surface area contributed by atoms with Crippen LogP contribution in [-0.4, -0.2) is 25.4 Å². The number of benzene rings is 2. The third-order valence-corrected chi connectivity index (χ3v) is 5.58. The summed E-state index contributed by atoms with van der Waals surface area (Å²) in [6.07, 6.45) is 4.58. The van der Waals surface area contributed by atoms with Gasteiger partial charge in [-0.05, 0) is 61.9 Å². The van der Waals surface area contributed by atoms with Crippen LogP contribution in [-0.2, 0) is 7.05 Å². The van der Waals surface area contributed by atoms with Gasteiger partial charge in [0.25, 0.3) is 11.4 Å². The first-order chi connectivity index (χ1) is 16.3. The van der Waals surface area contributed by atoms with Gasteiger partial charge in [0.05, 0.1) is 21.2 Å². The van der Waals surface area contributed by atoms with E-state index in [0.29, 0.717) is 17.4 Å². The first-order valence-electron chi connectivity index (χ1n) is 10.9. The summed E-state index contributed by atoms with van der Waals surface area (Å²) >= 11 is 0. The number of nitro benzene ring substituents is 2. The Morgan fingerprint density at radius 2 is 1.50 bits per heavy atom. The summed E-state index contributed by atoms with van der Waals surface area (Å²) in [5.74, 6) is 6.12. The van der Waals surface area contributed by atoms with Crippen molar-refractivity contribution in [2.24, 2.45) is 13.0 Å². The summed E-state index contributed by atoms with van der Waals surface area (Å²) in [5.41, 5.74) is 3.59. The van der Waals surface area contributed by atoms with Crippen molar-refractivity contribution in [2.75, 3.05) is 0 Å². The Morgan fingerprint density at radius 1 is 0.941 bits per heavy atom. The van der Waals surface area contributed by atoms with Crippen LogP contribution in [0.15, 0.2) is 54.6 Å². The first kappa shape index (κ1) is 22.9. The lowest BCUT2D eigenvalue weighted by atomic mass is 10.1. The van der Waals surface area contributed by atoms with Gasteiger partial charge in [-0.25, -0.2) is 0 Å². The summed E-state index contributed by atoms with van der Waals surface area (Å²) in [4.78, 5) is 31.6. The molecule has 0 amide bonds. The molecular weight excluding hydrogens is 436 g/mol. The largest absolute Gasteiger partial charge is 0.279 e. The van der Waals surface area contributed by atoms with E-state index in [0.717, 1.165) is 29.8 Å². The minimum atomic E-state index is -0.496. The van der Waals surface area contributed by atoms with E-state index in [1.165, 1.54) is 49.2 Å². The molecule has 34 heavy (non-hydrogen) atoms. The molecule has 0 spiro atoms. The number of non-ortho nitro benzene ring substituents is 2. The van der Waals surface area contributed by atoms with Crippen LogP contribution in [0, 0.1) is 38.0 Å². The number of ketones is 1. The fraction of sp³-hybridized carbons (Fsp3) is 0.280. The summed E-state index contributed by atoms with van der Waals surface area (Å²) in [5, 5.41) is 25.5. The predicted molar refractivity (Wildman–Crippen MR) is 125 cm³/mol. The quantitative estimate of drug-likeness (QED) is 0.173. The number of aryl methyl sites for hydroxylation is 1. The molecule has 172 valence electrons. The van der Waals surface area contributed by atoms with Crippen LogP contribution in [0.4, 0.5) is 11.4 Å². The third-order valence-electron chi connectivity index (χ3n) is 5.58. The van der Waals surface area contributed by atoms with Crippen LogP contribution >= 0.6 is 0 Å². The maximum absolute atomic E-state index is 11.5. The van der Waals surface area contributed by atoms with Crippen molar-refractivity contribution in [1.29, 1.82) is 0 Å². The maximum atomic E-state index is 11.5. The summed E-state index contributed by atoms with van der Waals surface area (Å²) in [6, 6.07) is 14.2. The molecule has 2 aliphatic rings. The maximum Gasteiger partial charge on any atom is 0.269 e. The van der Waals surface area contributed by atoms with Gasteiger partial charge in [0, 0.05) is 54.3 Å². The number of Topliss-reactive ketones (excluding diaryl/α,β-unsaturated/α-hetero) is 1. The standard InChI is InChI=1S/C13H13N3O2.C12H9NO3/c1-15-13(8-12(14-15)9-2-3-9)10-4-6-11(7-5-10)16(17)18;14-12(8-3-9-1-2-9)10-4-6-11(7-5-10)13(15)16/h4-9H,2-3H2,1H3;4-7,9H,1-2H2. The van der Waals surface area contributed by atoms with E-state index in [-0.39, 0.29) is 22.1 Å². The second kappa shape index (κ2) is 9.67. The lowest BCUT2D eigenvalue weighted by Gasteiger charge is -2.00. The number of hydrogen-bond acceptors (Lipinski definition) is 6. The molecule has 3 aromatic rings. The van der Waals surface area contributed by atoms with Gasteiger partial charge in [0.1, 0.15) is 0 Å². The summed E-state index contributed by atoms with van der Waals surface area (Å²) in [7, 11) is 1.91. The van der Waals surface area contributed by atoms with Crippen LogP contribution in [0.5, 0.6) is 0 Å².